The van der Waals surface area contributed by atoms with Gasteiger partial charge in [0.1, 0.15) is 5.75 Å². The fraction of sp³-hybridized carbons (Fsp3) is 0.417. The molecule has 0 heterocycles. The van der Waals surface area contributed by atoms with Gasteiger partial charge in [-0.25, -0.2) is 9.59 Å². The molecule has 0 saturated heterocycles. The number of nitrogens with zero attached hydrogens (tertiary/aromatic N) is 1. The summed E-state index contributed by atoms with van der Waals surface area (Å²) in [4.78, 5) is 20.5. The Hall–Kier alpha value is -2.65. The van der Waals surface area contributed by atoms with E-state index in [9.17, 15) is 0 Å². The number of hydrogen-bond acceptors (Lipinski definition) is 6. The predicted molar refractivity (Wildman–Crippen MR) is 124 cm³/mol. The van der Waals surface area contributed by atoms with Crippen molar-refractivity contribution in [2.75, 3.05) is 34.9 Å². The Morgan fingerprint density at radius 2 is 1.73 bits per heavy atom. The lowest BCUT2D eigenvalue weighted by Gasteiger charge is -2.40. The van der Waals surface area contributed by atoms with Gasteiger partial charge in [0, 0.05) is 32.7 Å². The first-order valence-corrected chi connectivity index (χ1v) is 10.7. The Morgan fingerprint density at radius 3 is 2.30 bits per heavy atom. The number of carboxylic acid groups (broad SMARTS) is 2. The minimum Gasteiger partial charge on any atom is -0.495 e. The highest BCUT2D eigenvalue weighted by Crippen LogP contribution is 2.41. The summed E-state index contributed by atoms with van der Waals surface area (Å²) in [6.07, 6.45) is 1.90. The third kappa shape index (κ3) is 6.91. The quantitative estimate of drug-likeness (QED) is 0.459. The number of carbonyl (C=O) groups is 2. The van der Waals surface area contributed by atoms with Crippen LogP contribution in [-0.2, 0) is 25.5 Å². The largest absolute Gasteiger partial charge is 0.495 e. The molecule has 1 aliphatic carbocycles. The summed E-state index contributed by atoms with van der Waals surface area (Å²) in [7, 11) is 7.16. The first-order chi connectivity index (χ1) is 15.7. The summed E-state index contributed by atoms with van der Waals surface area (Å²) in [5.74, 6) is -2.70. The van der Waals surface area contributed by atoms with Crippen LogP contribution in [0.1, 0.15) is 29.0 Å². The van der Waals surface area contributed by atoms with Gasteiger partial charge in [-0.15, -0.1) is 0 Å². The van der Waals surface area contributed by atoms with Crippen LogP contribution >= 0.6 is 11.6 Å². The van der Waals surface area contributed by atoms with Gasteiger partial charge in [-0.1, -0.05) is 41.9 Å². The normalized spacial score (nSPS) is 17.2. The number of halogens is 1. The minimum absolute atomic E-state index is 0.237. The zero-order valence-corrected chi connectivity index (χ0v) is 19.9. The van der Waals surface area contributed by atoms with Crippen LogP contribution in [0.3, 0.4) is 0 Å². The molecule has 0 aromatic heterocycles. The molecule has 0 fully saturated rings. The molecular weight excluding hydrogens is 450 g/mol. The maximum atomic E-state index is 9.10. The molecule has 0 bridgehead atoms. The molecule has 0 spiro atoms. The van der Waals surface area contributed by atoms with Gasteiger partial charge in [-0.2, -0.15) is 0 Å². The third-order valence-electron chi connectivity index (χ3n) is 5.73. The maximum Gasteiger partial charge on any atom is 0.414 e. The van der Waals surface area contributed by atoms with Gasteiger partial charge in [0.2, 0.25) is 0 Å². The molecule has 0 unspecified atom stereocenters. The van der Waals surface area contributed by atoms with Crippen molar-refractivity contribution in [1.82, 2.24) is 4.90 Å². The van der Waals surface area contributed by atoms with Gasteiger partial charge < -0.3 is 24.4 Å². The number of rotatable bonds is 7. The van der Waals surface area contributed by atoms with E-state index in [0.29, 0.717) is 23.4 Å². The molecule has 180 valence electrons. The van der Waals surface area contributed by atoms with Crippen LogP contribution in [0.2, 0.25) is 5.02 Å². The Balaban J connectivity index is 0.000000569. The minimum atomic E-state index is -1.82. The highest BCUT2D eigenvalue weighted by atomic mass is 35.5. The fourth-order valence-corrected chi connectivity index (χ4v) is 4.30. The lowest BCUT2D eigenvalue weighted by Crippen LogP contribution is -2.44. The number of ether oxygens (including phenoxy) is 3. The van der Waals surface area contributed by atoms with Crippen LogP contribution < -0.4 is 4.74 Å². The van der Waals surface area contributed by atoms with Gasteiger partial charge in [0.25, 0.3) is 0 Å². The smallest absolute Gasteiger partial charge is 0.414 e. The van der Waals surface area contributed by atoms with Crippen molar-refractivity contribution in [1.29, 1.82) is 0 Å². The van der Waals surface area contributed by atoms with E-state index in [-0.39, 0.29) is 12.2 Å². The molecule has 33 heavy (non-hydrogen) atoms. The molecule has 2 aromatic carbocycles. The summed E-state index contributed by atoms with van der Waals surface area (Å²) >= 11 is 6.27. The maximum absolute atomic E-state index is 9.10. The van der Waals surface area contributed by atoms with E-state index in [1.54, 1.807) is 21.3 Å². The molecule has 9 heteroatoms. The van der Waals surface area contributed by atoms with E-state index >= 15 is 0 Å². The van der Waals surface area contributed by atoms with Crippen LogP contribution in [0.15, 0.2) is 42.5 Å². The standard InChI is InChI=1S/C22H28ClNO3.C2H2O4/c1-24(14-21(26-3)27-4)19-12-10-15-7-5-6-8-17(15)22(19)16-9-11-18(23)20(13-16)25-2;3-1(4)2(5)6/h5-9,11,13,19,21-22H,10,12,14H2,1-4H3;(H,3,4)(H,5,6)/t19-,22-;/m0./s1. The zero-order valence-electron chi connectivity index (χ0n) is 19.2. The molecule has 2 aromatic rings. The van der Waals surface area contributed by atoms with E-state index in [1.807, 2.05) is 6.07 Å². The lowest BCUT2D eigenvalue weighted by molar-refractivity contribution is -0.159. The van der Waals surface area contributed by atoms with Crippen LogP contribution in [0.4, 0.5) is 0 Å². The molecule has 3 rings (SSSR count). The molecular formula is C24H30ClNO7. The molecule has 0 saturated carbocycles. The summed E-state index contributed by atoms with van der Waals surface area (Å²) in [6, 6.07) is 15.2. The van der Waals surface area contributed by atoms with Crippen molar-refractivity contribution in [3.8, 4) is 5.75 Å². The topological polar surface area (TPSA) is 106 Å². The van der Waals surface area contributed by atoms with Crippen molar-refractivity contribution in [3.05, 3.63) is 64.2 Å². The molecule has 8 nitrogen and oxygen atoms in total. The van der Waals surface area contributed by atoms with Gasteiger partial charge in [0.05, 0.1) is 12.1 Å². The number of aliphatic carboxylic acids is 2. The van der Waals surface area contributed by atoms with Crippen LogP contribution in [-0.4, -0.2) is 74.3 Å². The summed E-state index contributed by atoms with van der Waals surface area (Å²) in [6.45, 7) is 0.709. The lowest BCUT2D eigenvalue weighted by atomic mass is 9.75. The highest BCUT2D eigenvalue weighted by molar-refractivity contribution is 6.32. The van der Waals surface area contributed by atoms with Crippen molar-refractivity contribution < 1.29 is 34.0 Å². The van der Waals surface area contributed by atoms with E-state index in [2.05, 4.69) is 48.3 Å². The first-order valence-electron chi connectivity index (χ1n) is 10.4. The number of hydrogen-bond donors (Lipinski definition) is 2. The fourth-order valence-electron chi connectivity index (χ4n) is 4.10. The Bertz CT molecular complexity index is 936. The van der Waals surface area contributed by atoms with Crippen LogP contribution in [0.25, 0.3) is 0 Å². The number of benzene rings is 2. The number of methoxy groups -OCH3 is 3. The second kappa shape index (κ2) is 12.6. The highest BCUT2D eigenvalue weighted by Gasteiger charge is 2.34. The van der Waals surface area contributed by atoms with E-state index < -0.39 is 11.9 Å². The van der Waals surface area contributed by atoms with Gasteiger partial charge in [-0.05, 0) is 48.7 Å². The molecule has 1 aliphatic rings. The van der Waals surface area contributed by atoms with Crippen molar-refractivity contribution in [2.45, 2.75) is 31.1 Å². The van der Waals surface area contributed by atoms with E-state index in [4.69, 9.17) is 45.6 Å². The first kappa shape index (κ1) is 26.6. The summed E-state index contributed by atoms with van der Waals surface area (Å²) in [5.41, 5.74) is 4.00. The molecule has 2 atom stereocenters. The molecule has 0 radical (unpaired) electrons. The average Bonchev–Trinajstić information content (AvgIpc) is 2.82. The van der Waals surface area contributed by atoms with E-state index in [0.717, 1.165) is 12.8 Å². The van der Waals surface area contributed by atoms with Gasteiger partial charge in [0.15, 0.2) is 6.29 Å². The SMILES string of the molecule is COc1cc([C@H]2c3ccccc3CC[C@@H]2N(C)CC(OC)OC)ccc1Cl.O=C(O)C(=O)O. The van der Waals surface area contributed by atoms with Crippen molar-refractivity contribution in [2.24, 2.45) is 0 Å². The van der Waals surface area contributed by atoms with Gasteiger partial charge >= 0.3 is 11.9 Å². The summed E-state index contributed by atoms with van der Waals surface area (Å²) < 4.78 is 16.3. The number of likely N-dealkylation sites (N-methyl/N-ethyl adjacent to an activating group) is 1. The van der Waals surface area contributed by atoms with Crippen LogP contribution in [0, 0.1) is 0 Å². The molecule has 0 aliphatic heterocycles. The molecule has 0 amide bonds. The number of carboxylic acids is 2. The average molecular weight is 480 g/mol. The Morgan fingerprint density at radius 1 is 1.09 bits per heavy atom. The number of aryl methyl sites for hydroxylation is 1. The monoisotopic (exact) mass is 479 g/mol. The second-order valence-electron chi connectivity index (χ2n) is 7.63. The third-order valence-corrected chi connectivity index (χ3v) is 6.04. The van der Waals surface area contributed by atoms with Crippen LogP contribution in [0.5, 0.6) is 5.75 Å². The predicted octanol–water partition coefficient (Wildman–Crippen LogP) is 3.50. The van der Waals surface area contributed by atoms with Crippen molar-refractivity contribution >= 4 is 23.5 Å². The van der Waals surface area contributed by atoms with Crippen molar-refractivity contribution in [3.63, 3.8) is 0 Å². The second-order valence-corrected chi connectivity index (χ2v) is 8.03. The molecule has 2 N–H and O–H groups in total. The van der Waals surface area contributed by atoms with Gasteiger partial charge in [-0.3, -0.25) is 4.90 Å². The van der Waals surface area contributed by atoms with E-state index in [1.165, 1.54) is 16.7 Å². The Labute approximate surface area is 198 Å². The Kier molecular flexibility index (Phi) is 10.1. The summed E-state index contributed by atoms with van der Waals surface area (Å²) in [5, 5.41) is 15.4. The number of fused-ring (bicyclic) bond motifs is 1. The zero-order chi connectivity index (χ0) is 24.5.